The molecular formula is C25H19F3N2O2. The van der Waals surface area contributed by atoms with E-state index in [-0.39, 0.29) is 23.7 Å². The molecule has 0 radical (unpaired) electrons. The van der Waals surface area contributed by atoms with Crippen molar-refractivity contribution in [1.82, 2.24) is 5.32 Å². The molecule has 0 aliphatic carbocycles. The molecular weight excluding hydrogens is 417 g/mol. The maximum absolute atomic E-state index is 12.9. The fraction of sp³-hybridized carbons (Fsp3) is 0.160. The number of rotatable bonds is 5. The minimum absolute atomic E-state index is 0.00904. The number of amides is 1. The zero-order valence-corrected chi connectivity index (χ0v) is 17.2. The summed E-state index contributed by atoms with van der Waals surface area (Å²) < 4.78 is 38.7. The van der Waals surface area contributed by atoms with Crippen molar-refractivity contribution in [1.29, 1.82) is 0 Å². The minimum Gasteiger partial charge on any atom is -0.354 e. The first-order valence-corrected chi connectivity index (χ1v) is 9.96. The predicted octanol–water partition coefficient (Wildman–Crippen LogP) is 4.85. The third-order valence-corrected chi connectivity index (χ3v) is 5.37. The zero-order chi connectivity index (χ0) is 22.9. The van der Waals surface area contributed by atoms with E-state index >= 15 is 0 Å². The molecule has 4 rings (SSSR count). The molecule has 3 aromatic carbocycles. The number of alkyl halides is 3. The van der Waals surface area contributed by atoms with Gasteiger partial charge in [0.2, 0.25) is 0 Å². The number of nitrogens with one attached hydrogen (secondary N) is 1. The van der Waals surface area contributed by atoms with Gasteiger partial charge in [0, 0.05) is 24.6 Å². The van der Waals surface area contributed by atoms with Crippen LogP contribution in [0.25, 0.3) is 11.1 Å². The number of carbonyl (C=O) groups is 2. The molecule has 0 atom stereocenters. The molecule has 0 saturated heterocycles. The summed E-state index contributed by atoms with van der Waals surface area (Å²) in [6.45, 7) is 0.440. The van der Waals surface area contributed by atoms with Crippen molar-refractivity contribution >= 4 is 17.4 Å². The first kappa shape index (κ1) is 21.5. The van der Waals surface area contributed by atoms with Gasteiger partial charge in [-0.1, -0.05) is 48.5 Å². The van der Waals surface area contributed by atoms with Crippen LogP contribution in [0.2, 0.25) is 0 Å². The fourth-order valence-electron chi connectivity index (χ4n) is 3.67. The highest BCUT2D eigenvalue weighted by molar-refractivity contribution is 6.46. The predicted molar refractivity (Wildman–Crippen MR) is 116 cm³/mol. The van der Waals surface area contributed by atoms with E-state index in [2.05, 4.69) is 10.3 Å². The van der Waals surface area contributed by atoms with Crippen LogP contribution in [0.15, 0.2) is 71.7 Å². The molecule has 0 aromatic heterocycles. The number of benzene rings is 3. The Hall–Kier alpha value is -3.74. The van der Waals surface area contributed by atoms with Crippen molar-refractivity contribution < 1.29 is 22.8 Å². The van der Waals surface area contributed by atoms with Gasteiger partial charge in [-0.15, -0.1) is 0 Å². The topological polar surface area (TPSA) is 58.5 Å². The highest BCUT2D eigenvalue weighted by atomic mass is 19.4. The van der Waals surface area contributed by atoms with Crippen molar-refractivity contribution in [3.05, 3.63) is 94.5 Å². The van der Waals surface area contributed by atoms with Crippen molar-refractivity contribution in [3.63, 3.8) is 0 Å². The molecule has 1 N–H and O–H groups in total. The van der Waals surface area contributed by atoms with Crippen LogP contribution in [0.3, 0.4) is 0 Å². The number of hydrogen-bond acceptors (Lipinski definition) is 3. The molecule has 0 unspecified atom stereocenters. The average molecular weight is 436 g/mol. The molecule has 1 aliphatic heterocycles. The summed E-state index contributed by atoms with van der Waals surface area (Å²) in [5.41, 5.74) is 4.00. The lowest BCUT2D eigenvalue weighted by atomic mass is 9.96. The standard InChI is InChI=1S/C25H19F3N2O2/c1-29-24(32)23-21-10-9-17(12-19(21)14-30-23)16-7-5-15(6-8-16)11-22(31)18-3-2-4-20(13-18)25(26,27)28/h2-10,12-13H,11,14H2,1H3,(H,29,32). The Morgan fingerprint density at radius 3 is 2.38 bits per heavy atom. The van der Waals surface area contributed by atoms with Gasteiger partial charge in [-0.25, -0.2) is 0 Å². The van der Waals surface area contributed by atoms with Crippen LogP contribution in [-0.2, 0) is 23.9 Å². The second kappa shape index (κ2) is 8.42. The van der Waals surface area contributed by atoms with Gasteiger partial charge in [0.05, 0.1) is 12.1 Å². The highest BCUT2D eigenvalue weighted by Gasteiger charge is 2.30. The Kier molecular flexibility index (Phi) is 5.65. The number of likely N-dealkylation sites (N-methyl/N-ethyl adjacent to an activating group) is 1. The van der Waals surface area contributed by atoms with Crippen molar-refractivity contribution in [3.8, 4) is 11.1 Å². The van der Waals surface area contributed by atoms with Crippen LogP contribution >= 0.6 is 0 Å². The lowest BCUT2D eigenvalue weighted by molar-refractivity contribution is -0.137. The summed E-state index contributed by atoms with van der Waals surface area (Å²) in [6, 6.07) is 17.6. The van der Waals surface area contributed by atoms with Gasteiger partial charge in [0.1, 0.15) is 5.71 Å². The third-order valence-electron chi connectivity index (χ3n) is 5.37. The molecule has 32 heavy (non-hydrogen) atoms. The number of halogens is 3. The molecule has 0 fully saturated rings. The quantitative estimate of drug-likeness (QED) is 0.582. The van der Waals surface area contributed by atoms with Gasteiger partial charge in [0.25, 0.3) is 5.91 Å². The van der Waals surface area contributed by atoms with Crippen molar-refractivity contribution in [2.45, 2.75) is 19.1 Å². The molecule has 0 spiro atoms. The molecule has 1 heterocycles. The summed E-state index contributed by atoms with van der Waals surface area (Å²) in [7, 11) is 1.57. The lowest BCUT2D eigenvalue weighted by Crippen LogP contribution is -2.27. The van der Waals surface area contributed by atoms with E-state index in [1.807, 2.05) is 30.3 Å². The Balaban J connectivity index is 1.49. The molecule has 3 aromatic rings. The number of nitrogens with zero attached hydrogens (tertiary/aromatic N) is 1. The lowest BCUT2D eigenvalue weighted by Gasteiger charge is -2.09. The van der Waals surface area contributed by atoms with Gasteiger partial charge in [-0.3, -0.25) is 14.6 Å². The van der Waals surface area contributed by atoms with E-state index in [4.69, 9.17) is 0 Å². The SMILES string of the molecule is CNC(=O)C1=NCc2cc(-c3ccc(CC(=O)c4cccc(C(F)(F)F)c4)cc3)ccc21. The van der Waals surface area contributed by atoms with Gasteiger partial charge >= 0.3 is 6.18 Å². The Morgan fingerprint density at radius 1 is 0.969 bits per heavy atom. The van der Waals surface area contributed by atoms with Crippen LogP contribution < -0.4 is 5.32 Å². The van der Waals surface area contributed by atoms with E-state index < -0.39 is 11.7 Å². The first-order chi connectivity index (χ1) is 15.3. The first-order valence-electron chi connectivity index (χ1n) is 9.96. The van der Waals surface area contributed by atoms with E-state index in [0.29, 0.717) is 17.8 Å². The molecule has 0 saturated carbocycles. The molecule has 1 aliphatic rings. The van der Waals surface area contributed by atoms with E-state index in [0.717, 1.165) is 34.4 Å². The Morgan fingerprint density at radius 2 is 1.69 bits per heavy atom. The number of aliphatic imine (C=N–C) groups is 1. The number of fused-ring (bicyclic) bond motifs is 1. The summed E-state index contributed by atoms with van der Waals surface area (Å²) in [5.74, 6) is -0.591. The van der Waals surface area contributed by atoms with Gasteiger partial charge in [-0.2, -0.15) is 13.2 Å². The van der Waals surface area contributed by atoms with Crippen molar-refractivity contribution in [2.24, 2.45) is 4.99 Å². The number of carbonyl (C=O) groups excluding carboxylic acids is 2. The van der Waals surface area contributed by atoms with E-state index in [1.54, 1.807) is 19.2 Å². The highest BCUT2D eigenvalue weighted by Crippen LogP contribution is 2.30. The van der Waals surface area contributed by atoms with Crippen LogP contribution in [0.5, 0.6) is 0 Å². The van der Waals surface area contributed by atoms with E-state index in [9.17, 15) is 22.8 Å². The Bertz CT molecular complexity index is 1230. The molecule has 0 bridgehead atoms. The molecule has 4 nitrogen and oxygen atoms in total. The molecule has 1 amide bonds. The summed E-state index contributed by atoms with van der Waals surface area (Å²) in [6.07, 6.45) is -4.48. The number of Topliss-reactive ketones (excluding diaryl/α,β-unsaturated/α-hetero) is 1. The van der Waals surface area contributed by atoms with Crippen LogP contribution in [0.4, 0.5) is 13.2 Å². The summed E-state index contributed by atoms with van der Waals surface area (Å²) >= 11 is 0. The van der Waals surface area contributed by atoms with Gasteiger partial charge < -0.3 is 5.32 Å². The minimum atomic E-state index is -4.49. The van der Waals surface area contributed by atoms with Gasteiger partial charge in [-0.05, 0) is 40.5 Å². The zero-order valence-electron chi connectivity index (χ0n) is 17.2. The monoisotopic (exact) mass is 436 g/mol. The Labute approximate surface area is 182 Å². The third kappa shape index (κ3) is 4.32. The van der Waals surface area contributed by atoms with Crippen LogP contribution in [-0.4, -0.2) is 24.4 Å². The molecule has 162 valence electrons. The fourth-order valence-corrected chi connectivity index (χ4v) is 3.67. The smallest absolute Gasteiger partial charge is 0.354 e. The number of hydrogen-bond donors (Lipinski definition) is 1. The normalized spacial score (nSPS) is 12.8. The number of ketones is 1. The second-order valence-electron chi connectivity index (χ2n) is 7.49. The van der Waals surface area contributed by atoms with Crippen LogP contribution in [0, 0.1) is 0 Å². The second-order valence-corrected chi connectivity index (χ2v) is 7.49. The van der Waals surface area contributed by atoms with Crippen LogP contribution in [0.1, 0.15) is 32.6 Å². The largest absolute Gasteiger partial charge is 0.416 e. The maximum Gasteiger partial charge on any atom is 0.416 e. The van der Waals surface area contributed by atoms with Crippen molar-refractivity contribution in [2.75, 3.05) is 7.05 Å². The average Bonchev–Trinajstić information content (AvgIpc) is 3.22. The molecule has 7 heteroatoms. The van der Waals surface area contributed by atoms with Gasteiger partial charge in [0.15, 0.2) is 5.78 Å². The maximum atomic E-state index is 12.9. The summed E-state index contributed by atoms with van der Waals surface area (Å²) in [5, 5.41) is 2.59. The summed E-state index contributed by atoms with van der Waals surface area (Å²) in [4.78, 5) is 28.7. The van der Waals surface area contributed by atoms with E-state index in [1.165, 1.54) is 12.1 Å².